The van der Waals surface area contributed by atoms with Crippen molar-refractivity contribution in [2.24, 2.45) is 5.73 Å². The van der Waals surface area contributed by atoms with Crippen molar-refractivity contribution in [3.05, 3.63) is 26.9 Å². The monoisotopic (exact) mass is 262 g/mol. The zero-order chi connectivity index (χ0) is 10.0. The minimum Gasteiger partial charge on any atom is -0.324 e. The van der Waals surface area contributed by atoms with Crippen LogP contribution in [0.5, 0.6) is 0 Å². The highest BCUT2D eigenvalue weighted by Crippen LogP contribution is 2.22. The normalized spacial score (nSPS) is 10.2. The molecule has 0 aliphatic rings. The average molecular weight is 264 g/mol. The molecule has 1 aromatic heterocycles. The van der Waals surface area contributed by atoms with Crippen LogP contribution < -0.4 is 5.73 Å². The highest BCUT2D eigenvalue weighted by Gasteiger charge is 2.11. The van der Waals surface area contributed by atoms with Gasteiger partial charge in [-0.05, 0) is 28.9 Å². The SMILES string of the molecule is Cc1nc(Cl)c(Br)cc1C(=O)CN. The van der Waals surface area contributed by atoms with Crippen LogP contribution in [-0.4, -0.2) is 17.3 Å². The van der Waals surface area contributed by atoms with E-state index in [-0.39, 0.29) is 12.3 Å². The second-order valence-corrected chi connectivity index (χ2v) is 3.73. The number of pyridine rings is 1. The molecule has 5 heteroatoms. The predicted molar refractivity (Wildman–Crippen MR) is 55.1 cm³/mol. The van der Waals surface area contributed by atoms with Gasteiger partial charge in [0.2, 0.25) is 0 Å². The molecule has 13 heavy (non-hydrogen) atoms. The fourth-order valence-corrected chi connectivity index (χ4v) is 1.44. The Morgan fingerprint density at radius 3 is 2.92 bits per heavy atom. The largest absolute Gasteiger partial charge is 0.324 e. The van der Waals surface area contributed by atoms with Gasteiger partial charge in [0.25, 0.3) is 0 Å². The molecule has 70 valence electrons. The Morgan fingerprint density at radius 1 is 1.77 bits per heavy atom. The van der Waals surface area contributed by atoms with E-state index in [0.29, 0.717) is 20.9 Å². The second kappa shape index (κ2) is 4.17. The van der Waals surface area contributed by atoms with E-state index in [4.69, 9.17) is 17.3 Å². The Balaban J connectivity index is 3.23. The third-order valence-corrected chi connectivity index (χ3v) is 2.73. The number of nitrogens with two attached hydrogens (primary N) is 1. The number of hydrogen-bond donors (Lipinski definition) is 1. The molecule has 2 N–H and O–H groups in total. The first-order chi connectivity index (χ1) is 6.06. The van der Waals surface area contributed by atoms with Crippen molar-refractivity contribution in [3.8, 4) is 0 Å². The van der Waals surface area contributed by atoms with E-state index in [1.807, 2.05) is 0 Å². The van der Waals surface area contributed by atoms with Gasteiger partial charge in [0.05, 0.1) is 11.0 Å². The van der Waals surface area contributed by atoms with Gasteiger partial charge in [-0.2, -0.15) is 0 Å². The zero-order valence-electron chi connectivity index (χ0n) is 6.97. The van der Waals surface area contributed by atoms with Crippen molar-refractivity contribution in [3.63, 3.8) is 0 Å². The van der Waals surface area contributed by atoms with E-state index in [1.165, 1.54) is 0 Å². The number of hydrogen-bond acceptors (Lipinski definition) is 3. The molecule has 0 radical (unpaired) electrons. The molecule has 0 fully saturated rings. The summed E-state index contributed by atoms with van der Waals surface area (Å²) in [4.78, 5) is 15.3. The molecule has 0 aliphatic carbocycles. The number of ketones is 1. The van der Waals surface area contributed by atoms with Gasteiger partial charge in [0.1, 0.15) is 5.15 Å². The number of rotatable bonds is 2. The molecule has 0 amide bonds. The van der Waals surface area contributed by atoms with Gasteiger partial charge >= 0.3 is 0 Å². The first kappa shape index (κ1) is 10.6. The van der Waals surface area contributed by atoms with Gasteiger partial charge in [-0.15, -0.1) is 0 Å². The molecular formula is C8H8BrClN2O. The minimum absolute atomic E-state index is 0.0173. The number of carbonyl (C=O) groups excluding carboxylic acids is 1. The molecule has 1 aromatic rings. The molecule has 0 aromatic carbocycles. The van der Waals surface area contributed by atoms with Gasteiger partial charge in [0.15, 0.2) is 5.78 Å². The van der Waals surface area contributed by atoms with Crippen LogP contribution in [-0.2, 0) is 0 Å². The van der Waals surface area contributed by atoms with Crippen LogP contribution in [0.25, 0.3) is 0 Å². The summed E-state index contributed by atoms with van der Waals surface area (Å²) < 4.78 is 0.608. The van der Waals surface area contributed by atoms with Crippen LogP contribution in [0.2, 0.25) is 5.15 Å². The zero-order valence-corrected chi connectivity index (χ0v) is 9.32. The highest BCUT2D eigenvalue weighted by molar-refractivity contribution is 9.10. The maximum absolute atomic E-state index is 11.3. The summed E-state index contributed by atoms with van der Waals surface area (Å²) in [6, 6.07) is 1.64. The third-order valence-electron chi connectivity index (χ3n) is 1.61. The maximum atomic E-state index is 11.3. The standard InChI is InChI=1S/C8H8BrClN2O/c1-4-5(7(13)3-11)2-6(9)8(10)12-4/h2H,3,11H2,1H3. The highest BCUT2D eigenvalue weighted by atomic mass is 79.9. The Morgan fingerprint density at radius 2 is 2.38 bits per heavy atom. The van der Waals surface area contributed by atoms with Crippen LogP contribution in [0.1, 0.15) is 16.1 Å². The van der Waals surface area contributed by atoms with E-state index in [1.54, 1.807) is 13.0 Å². The van der Waals surface area contributed by atoms with Crippen molar-refractivity contribution in [1.29, 1.82) is 0 Å². The first-order valence-electron chi connectivity index (χ1n) is 3.62. The molecule has 0 bridgehead atoms. The lowest BCUT2D eigenvalue weighted by Gasteiger charge is -2.04. The average Bonchev–Trinajstić information content (AvgIpc) is 2.10. The van der Waals surface area contributed by atoms with Gasteiger partial charge in [-0.3, -0.25) is 4.79 Å². The van der Waals surface area contributed by atoms with Crippen LogP contribution in [0.4, 0.5) is 0 Å². The summed E-state index contributed by atoms with van der Waals surface area (Å²) in [6.07, 6.45) is 0. The van der Waals surface area contributed by atoms with E-state index in [0.717, 1.165) is 0 Å². The molecular weight excluding hydrogens is 255 g/mol. The molecule has 0 spiro atoms. The molecule has 0 aliphatic heterocycles. The molecule has 1 rings (SSSR count). The van der Waals surface area contributed by atoms with Crippen molar-refractivity contribution < 1.29 is 4.79 Å². The lowest BCUT2D eigenvalue weighted by molar-refractivity contribution is 0.100. The minimum atomic E-state index is -0.137. The predicted octanol–water partition coefficient (Wildman–Crippen LogP) is 1.95. The van der Waals surface area contributed by atoms with E-state index >= 15 is 0 Å². The van der Waals surface area contributed by atoms with Crippen LogP contribution in [0, 0.1) is 6.92 Å². The van der Waals surface area contributed by atoms with Crippen molar-refractivity contribution in [2.75, 3.05) is 6.54 Å². The van der Waals surface area contributed by atoms with Crippen LogP contribution in [0.3, 0.4) is 0 Å². The van der Waals surface area contributed by atoms with E-state index in [2.05, 4.69) is 20.9 Å². The fourth-order valence-electron chi connectivity index (χ4n) is 0.944. The molecule has 0 saturated carbocycles. The Kier molecular flexibility index (Phi) is 3.41. The van der Waals surface area contributed by atoms with Gasteiger partial charge in [-0.25, -0.2) is 4.98 Å². The number of halogens is 2. The van der Waals surface area contributed by atoms with Crippen LogP contribution >= 0.6 is 27.5 Å². The Hall–Kier alpha value is -0.450. The van der Waals surface area contributed by atoms with Crippen molar-refractivity contribution in [2.45, 2.75) is 6.92 Å². The van der Waals surface area contributed by atoms with E-state index < -0.39 is 0 Å². The Labute approximate surface area is 89.4 Å². The quantitative estimate of drug-likeness (QED) is 0.655. The number of aromatic nitrogens is 1. The molecule has 0 saturated heterocycles. The summed E-state index contributed by atoms with van der Waals surface area (Å²) in [7, 11) is 0. The fraction of sp³-hybridized carbons (Fsp3) is 0.250. The summed E-state index contributed by atoms with van der Waals surface area (Å²) in [6.45, 7) is 1.71. The lowest BCUT2D eigenvalue weighted by Crippen LogP contribution is -2.15. The maximum Gasteiger partial charge on any atom is 0.178 e. The topological polar surface area (TPSA) is 56.0 Å². The smallest absolute Gasteiger partial charge is 0.178 e. The molecule has 1 heterocycles. The second-order valence-electron chi connectivity index (χ2n) is 2.52. The van der Waals surface area contributed by atoms with E-state index in [9.17, 15) is 4.79 Å². The molecule has 3 nitrogen and oxygen atoms in total. The third kappa shape index (κ3) is 2.27. The molecule has 0 unspecified atom stereocenters. The summed E-state index contributed by atoms with van der Waals surface area (Å²) >= 11 is 8.92. The summed E-state index contributed by atoms with van der Waals surface area (Å²) in [5, 5.41) is 0.353. The van der Waals surface area contributed by atoms with Crippen molar-refractivity contribution >= 4 is 33.3 Å². The summed E-state index contributed by atoms with van der Waals surface area (Å²) in [5.74, 6) is -0.137. The summed E-state index contributed by atoms with van der Waals surface area (Å²) in [5.41, 5.74) is 6.35. The molecule has 0 atom stereocenters. The number of carbonyl (C=O) groups is 1. The number of Topliss-reactive ketones (excluding diaryl/α,β-unsaturated/α-hetero) is 1. The van der Waals surface area contributed by atoms with Crippen LogP contribution in [0.15, 0.2) is 10.5 Å². The van der Waals surface area contributed by atoms with Crippen molar-refractivity contribution in [1.82, 2.24) is 4.98 Å². The lowest BCUT2D eigenvalue weighted by atomic mass is 10.1. The van der Waals surface area contributed by atoms with Gasteiger partial charge in [0, 0.05) is 11.3 Å². The Bertz CT molecular complexity index is 354. The van der Waals surface area contributed by atoms with Gasteiger partial charge in [-0.1, -0.05) is 11.6 Å². The van der Waals surface area contributed by atoms with Gasteiger partial charge < -0.3 is 5.73 Å². The first-order valence-corrected chi connectivity index (χ1v) is 4.79. The number of aryl methyl sites for hydroxylation is 1. The number of nitrogens with zero attached hydrogens (tertiary/aromatic N) is 1.